The van der Waals surface area contributed by atoms with Crippen LogP contribution in [-0.2, 0) is 27.2 Å². The zero-order valence-corrected chi connectivity index (χ0v) is 14.4. The van der Waals surface area contributed by atoms with Crippen molar-refractivity contribution in [3.8, 4) is 0 Å². The highest BCUT2D eigenvalue weighted by Crippen LogP contribution is 2.30. The summed E-state index contributed by atoms with van der Waals surface area (Å²) in [7, 11) is -3.18. The van der Waals surface area contributed by atoms with Crippen LogP contribution in [0, 0.1) is 0 Å². The van der Waals surface area contributed by atoms with E-state index in [9.17, 15) is 31.5 Å². The van der Waals surface area contributed by atoms with Gasteiger partial charge in [0.25, 0.3) is 0 Å². The number of nitrogens with one attached hydrogen (secondary N) is 1. The zero-order chi connectivity index (χ0) is 18.8. The molecule has 1 aliphatic carbocycles. The number of halogens is 3. The standard InChI is InChI=1S/C16H20F3NO4S/c1-25(23,24)13-6-5-12(9-13)20-15(22)14(21)8-10-3-2-4-11(7-10)16(17,18)19/h2-4,7,12-14,21H,5-6,8-9H2,1H3,(H,20,22). The molecule has 2 N–H and O–H groups in total. The first-order chi connectivity index (χ1) is 11.5. The number of benzene rings is 1. The molecule has 9 heteroatoms. The predicted octanol–water partition coefficient (Wildman–Crippen LogP) is 1.69. The number of carbonyl (C=O) groups excluding carboxylic acids is 1. The normalized spacial score (nSPS) is 22.6. The lowest BCUT2D eigenvalue weighted by Crippen LogP contribution is -2.41. The Morgan fingerprint density at radius 3 is 2.60 bits per heavy atom. The van der Waals surface area contributed by atoms with Crippen LogP contribution in [0.5, 0.6) is 0 Å². The van der Waals surface area contributed by atoms with Gasteiger partial charge in [0.2, 0.25) is 5.91 Å². The molecular weight excluding hydrogens is 359 g/mol. The van der Waals surface area contributed by atoms with Crippen molar-refractivity contribution in [2.24, 2.45) is 0 Å². The fourth-order valence-corrected chi connectivity index (χ4v) is 4.09. The van der Waals surface area contributed by atoms with Crippen molar-refractivity contribution in [2.75, 3.05) is 6.26 Å². The van der Waals surface area contributed by atoms with Crippen LogP contribution in [0.3, 0.4) is 0 Å². The van der Waals surface area contributed by atoms with Gasteiger partial charge in [0.15, 0.2) is 0 Å². The molecule has 0 saturated heterocycles. The molecule has 3 atom stereocenters. The van der Waals surface area contributed by atoms with Gasteiger partial charge in [-0.25, -0.2) is 8.42 Å². The molecule has 3 unspecified atom stereocenters. The monoisotopic (exact) mass is 379 g/mol. The van der Waals surface area contributed by atoms with Gasteiger partial charge in [-0.1, -0.05) is 18.2 Å². The van der Waals surface area contributed by atoms with E-state index in [4.69, 9.17) is 0 Å². The third-order valence-electron chi connectivity index (χ3n) is 4.32. The average Bonchev–Trinajstić information content (AvgIpc) is 2.95. The highest BCUT2D eigenvalue weighted by Gasteiger charge is 2.33. The summed E-state index contributed by atoms with van der Waals surface area (Å²) >= 11 is 0. The van der Waals surface area contributed by atoms with Crippen LogP contribution in [0.25, 0.3) is 0 Å². The number of aliphatic hydroxyl groups excluding tert-OH is 1. The van der Waals surface area contributed by atoms with Gasteiger partial charge < -0.3 is 10.4 Å². The van der Waals surface area contributed by atoms with Crippen LogP contribution in [0.4, 0.5) is 13.2 Å². The second-order valence-corrected chi connectivity index (χ2v) is 8.71. The van der Waals surface area contributed by atoms with Crippen molar-refractivity contribution in [3.63, 3.8) is 0 Å². The quantitative estimate of drug-likeness (QED) is 0.816. The third kappa shape index (κ3) is 5.43. The highest BCUT2D eigenvalue weighted by atomic mass is 32.2. The summed E-state index contributed by atoms with van der Waals surface area (Å²) in [6.45, 7) is 0. The molecule has 140 valence electrons. The van der Waals surface area contributed by atoms with Gasteiger partial charge in [0, 0.05) is 18.7 Å². The maximum atomic E-state index is 12.7. The van der Waals surface area contributed by atoms with Crippen LogP contribution < -0.4 is 5.32 Å². The second-order valence-electron chi connectivity index (χ2n) is 6.39. The molecule has 0 radical (unpaired) electrons. The molecule has 1 aromatic carbocycles. The Balaban J connectivity index is 1.93. The minimum Gasteiger partial charge on any atom is -0.383 e. The second kappa shape index (κ2) is 7.33. The molecule has 0 bridgehead atoms. The van der Waals surface area contributed by atoms with E-state index < -0.39 is 38.8 Å². The molecule has 0 aliphatic heterocycles. The van der Waals surface area contributed by atoms with Crippen LogP contribution in [0.15, 0.2) is 24.3 Å². The fourth-order valence-electron chi connectivity index (χ4n) is 2.95. The number of rotatable bonds is 5. The molecule has 1 fully saturated rings. The first-order valence-electron chi connectivity index (χ1n) is 7.80. The van der Waals surface area contributed by atoms with Crippen LogP contribution in [-0.4, -0.2) is 43.1 Å². The Morgan fingerprint density at radius 1 is 1.36 bits per heavy atom. The van der Waals surface area contributed by atoms with Gasteiger partial charge in [-0.3, -0.25) is 4.79 Å². The summed E-state index contributed by atoms with van der Waals surface area (Å²) in [5.74, 6) is -0.712. The van der Waals surface area contributed by atoms with Crippen LogP contribution in [0.1, 0.15) is 30.4 Å². The number of sulfone groups is 1. The van der Waals surface area contributed by atoms with Gasteiger partial charge in [0.1, 0.15) is 15.9 Å². The lowest BCUT2D eigenvalue weighted by atomic mass is 10.0. The minimum atomic E-state index is -4.49. The average molecular weight is 379 g/mol. The summed E-state index contributed by atoms with van der Waals surface area (Å²) in [5, 5.41) is 12.0. The Labute approximate surface area is 144 Å². The summed E-state index contributed by atoms with van der Waals surface area (Å²) in [6.07, 6.45) is -3.90. The van der Waals surface area contributed by atoms with Crippen molar-refractivity contribution >= 4 is 15.7 Å². The lowest BCUT2D eigenvalue weighted by molar-refractivity contribution is -0.137. The number of amides is 1. The van der Waals surface area contributed by atoms with Gasteiger partial charge in [-0.05, 0) is 30.9 Å². The van der Waals surface area contributed by atoms with Gasteiger partial charge in [-0.15, -0.1) is 0 Å². The van der Waals surface area contributed by atoms with E-state index in [0.29, 0.717) is 12.8 Å². The Morgan fingerprint density at radius 2 is 2.04 bits per heavy atom. The minimum absolute atomic E-state index is 0.193. The number of carbonyl (C=O) groups is 1. The number of aliphatic hydroxyl groups is 1. The Hall–Kier alpha value is -1.61. The highest BCUT2D eigenvalue weighted by molar-refractivity contribution is 7.91. The molecule has 1 aliphatic rings. The molecule has 1 aromatic rings. The first-order valence-corrected chi connectivity index (χ1v) is 9.75. The third-order valence-corrected chi connectivity index (χ3v) is 5.96. The fraction of sp³-hybridized carbons (Fsp3) is 0.562. The molecule has 1 saturated carbocycles. The lowest BCUT2D eigenvalue weighted by Gasteiger charge is -2.17. The van der Waals surface area contributed by atoms with E-state index in [1.54, 1.807) is 0 Å². The predicted molar refractivity (Wildman–Crippen MR) is 85.6 cm³/mol. The number of alkyl halides is 3. The van der Waals surface area contributed by atoms with E-state index in [2.05, 4.69) is 5.32 Å². The van der Waals surface area contributed by atoms with Crippen LogP contribution >= 0.6 is 0 Å². The van der Waals surface area contributed by atoms with Crippen LogP contribution in [0.2, 0.25) is 0 Å². The van der Waals surface area contributed by atoms with Crippen molar-refractivity contribution in [1.82, 2.24) is 5.32 Å². The first kappa shape index (κ1) is 19.7. The van der Waals surface area contributed by atoms with E-state index in [0.717, 1.165) is 18.4 Å². The summed E-state index contributed by atoms with van der Waals surface area (Å²) in [5.41, 5.74) is -0.651. The van der Waals surface area contributed by atoms with Gasteiger partial charge in [-0.2, -0.15) is 13.2 Å². The molecule has 0 heterocycles. The largest absolute Gasteiger partial charge is 0.416 e. The van der Waals surface area contributed by atoms with Crippen molar-refractivity contribution in [1.29, 1.82) is 0 Å². The molecule has 0 spiro atoms. The Kier molecular flexibility index (Phi) is 5.78. The van der Waals surface area contributed by atoms with E-state index in [1.807, 2.05) is 0 Å². The Bertz CT molecular complexity index is 733. The van der Waals surface area contributed by atoms with E-state index >= 15 is 0 Å². The number of hydrogen-bond donors (Lipinski definition) is 2. The van der Waals surface area contributed by atoms with E-state index in [-0.39, 0.29) is 24.4 Å². The molecular formula is C16H20F3NO4S. The van der Waals surface area contributed by atoms with E-state index in [1.165, 1.54) is 12.1 Å². The molecule has 1 amide bonds. The van der Waals surface area contributed by atoms with Crippen molar-refractivity contribution in [2.45, 2.75) is 49.3 Å². The molecule has 0 aromatic heterocycles. The SMILES string of the molecule is CS(=O)(=O)C1CCC(NC(=O)C(O)Cc2cccc(C(F)(F)F)c2)C1. The van der Waals surface area contributed by atoms with Gasteiger partial charge >= 0.3 is 6.18 Å². The molecule has 2 rings (SSSR count). The maximum absolute atomic E-state index is 12.7. The van der Waals surface area contributed by atoms with Gasteiger partial charge in [0.05, 0.1) is 10.8 Å². The maximum Gasteiger partial charge on any atom is 0.416 e. The molecule has 25 heavy (non-hydrogen) atoms. The smallest absolute Gasteiger partial charge is 0.383 e. The zero-order valence-electron chi connectivity index (χ0n) is 13.6. The van der Waals surface area contributed by atoms with Crippen molar-refractivity contribution in [3.05, 3.63) is 35.4 Å². The summed E-state index contributed by atoms with van der Waals surface area (Å²) < 4.78 is 61.0. The molecule has 5 nitrogen and oxygen atoms in total. The summed E-state index contributed by atoms with van der Waals surface area (Å²) in [4.78, 5) is 12.0. The summed E-state index contributed by atoms with van der Waals surface area (Å²) in [6, 6.07) is 4.08. The van der Waals surface area contributed by atoms with Crippen molar-refractivity contribution < 1.29 is 31.5 Å². The topological polar surface area (TPSA) is 83.5 Å². The number of hydrogen-bond acceptors (Lipinski definition) is 4.